The number of aromatic nitrogens is 1. The van der Waals surface area contributed by atoms with Gasteiger partial charge in [0.05, 0.1) is 11.0 Å². The largest absolute Gasteiger partial charge is 0.416 e. The van der Waals surface area contributed by atoms with E-state index in [1.807, 2.05) is 0 Å². The molecule has 162 valence electrons. The number of likely N-dealkylation sites (tertiary alicyclic amines) is 1. The molecule has 1 aliphatic heterocycles. The lowest BCUT2D eigenvalue weighted by Crippen LogP contribution is -2.47. The molecule has 1 aromatic carbocycles. The first-order valence-corrected chi connectivity index (χ1v) is 9.63. The van der Waals surface area contributed by atoms with Crippen molar-refractivity contribution in [2.75, 3.05) is 13.1 Å². The van der Waals surface area contributed by atoms with Crippen molar-refractivity contribution in [2.45, 2.75) is 44.3 Å². The van der Waals surface area contributed by atoms with Crippen LogP contribution < -0.4 is 5.32 Å². The lowest BCUT2D eigenvalue weighted by Gasteiger charge is -2.23. The number of nitrogens with zero attached hydrogens (tertiary/aromatic N) is 1. The fraction of sp³-hybridized carbons (Fsp3) is 0.500. The molecule has 1 aromatic heterocycles. The van der Waals surface area contributed by atoms with Gasteiger partial charge in [-0.3, -0.25) is 9.59 Å². The van der Waals surface area contributed by atoms with Crippen molar-refractivity contribution < 1.29 is 31.5 Å². The van der Waals surface area contributed by atoms with E-state index in [4.69, 9.17) is 0 Å². The summed E-state index contributed by atoms with van der Waals surface area (Å²) in [4.78, 5) is 29.4. The van der Waals surface area contributed by atoms with Crippen molar-refractivity contribution in [3.63, 3.8) is 0 Å². The van der Waals surface area contributed by atoms with E-state index in [2.05, 4.69) is 10.3 Å². The third-order valence-corrected chi connectivity index (χ3v) is 6.08. The zero-order valence-corrected chi connectivity index (χ0v) is 16.1. The van der Waals surface area contributed by atoms with Crippen LogP contribution in [0.15, 0.2) is 24.3 Å². The highest BCUT2D eigenvalue weighted by Crippen LogP contribution is 2.65. The summed E-state index contributed by atoms with van der Waals surface area (Å²) in [6.45, 7) is 1.87. The van der Waals surface area contributed by atoms with Gasteiger partial charge in [0.25, 0.3) is 11.8 Å². The number of benzene rings is 1. The molecule has 2 atom stereocenters. The van der Waals surface area contributed by atoms with E-state index < -0.39 is 40.9 Å². The van der Waals surface area contributed by atoms with Gasteiger partial charge in [-0.1, -0.05) is 6.92 Å². The molecular weight excluding hydrogens is 409 g/mol. The number of hydrogen-bond donors (Lipinski definition) is 2. The molecule has 0 unspecified atom stereocenters. The van der Waals surface area contributed by atoms with Crippen LogP contribution in [0.1, 0.15) is 42.2 Å². The Balaban J connectivity index is 1.46. The van der Waals surface area contributed by atoms with Crippen LogP contribution in [0.5, 0.6) is 0 Å². The van der Waals surface area contributed by atoms with Crippen LogP contribution in [-0.2, 0) is 11.0 Å². The first kappa shape index (κ1) is 20.6. The minimum Gasteiger partial charge on any atom is -0.351 e. The van der Waals surface area contributed by atoms with Gasteiger partial charge < -0.3 is 15.2 Å². The summed E-state index contributed by atoms with van der Waals surface area (Å²) in [7, 11) is 0. The molecule has 2 aromatic rings. The van der Waals surface area contributed by atoms with Crippen LogP contribution in [0.3, 0.4) is 0 Å². The van der Waals surface area contributed by atoms with Gasteiger partial charge in [0, 0.05) is 30.4 Å². The van der Waals surface area contributed by atoms with Crippen molar-refractivity contribution in [3.8, 4) is 0 Å². The van der Waals surface area contributed by atoms with Crippen LogP contribution in [0.2, 0.25) is 0 Å². The average Bonchev–Trinajstić information content (AvgIpc) is 3.04. The Bertz CT molecular complexity index is 1020. The lowest BCUT2D eigenvalue weighted by molar-refractivity contribution is -0.137. The van der Waals surface area contributed by atoms with Crippen molar-refractivity contribution in [3.05, 3.63) is 35.5 Å². The number of halogens is 5. The van der Waals surface area contributed by atoms with Gasteiger partial charge in [-0.25, -0.2) is 8.78 Å². The number of fused-ring (bicyclic) bond motifs is 1. The topological polar surface area (TPSA) is 65.2 Å². The molecule has 1 spiro atoms. The van der Waals surface area contributed by atoms with E-state index in [9.17, 15) is 31.5 Å². The van der Waals surface area contributed by atoms with Crippen molar-refractivity contribution >= 4 is 22.7 Å². The van der Waals surface area contributed by atoms with Gasteiger partial charge in [0.1, 0.15) is 11.7 Å². The molecule has 2 aliphatic rings. The maximum atomic E-state index is 13.6. The Morgan fingerprint density at radius 3 is 2.53 bits per heavy atom. The summed E-state index contributed by atoms with van der Waals surface area (Å²) in [5, 5.41) is 2.78. The number of carbonyl (C=O) groups excluding carboxylic acids is 2. The second-order valence-electron chi connectivity index (χ2n) is 8.09. The number of hydrogen-bond acceptors (Lipinski definition) is 2. The second-order valence-corrected chi connectivity index (χ2v) is 8.09. The number of rotatable bonds is 4. The predicted octanol–water partition coefficient (Wildman–Crippen LogP) is 3.95. The summed E-state index contributed by atoms with van der Waals surface area (Å²) >= 11 is 0. The molecule has 0 radical (unpaired) electrons. The Morgan fingerprint density at radius 2 is 1.97 bits per heavy atom. The Labute approximate surface area is 168 Å². The molecule has 1 aliphatic carbocycles. The van der Waals surface area contributed by atoms with E-state index in [1.165, 1.54) is 17.0 Å². The molecule has 5 nitrogen and oxygen atoms in total. The third-order valence-electron chi connectivity index (χ3n) is 6.08. The van der Waals surface area contributed by atoms with E-state index in [1.54, 1.807) is 6.92 Å². The van der Waals surface area contributed by atoms with Gasteiger partial charge in [0.2, 0.25) is 5.91 Å². The Kier molecular flexibility index (Phi) is 4.59. The van der Waals surface area contributed by atoms with Crippen LogP contribution >= 0.6 is 0 Å². The van der Waals surface area contributed by atoms with Gasteiger partial charge in [-0.05, 0) is 37.1 Å². The molecular formula is C20H20F5N3O2. The molecule has 30 heavy (non-hydrogen) atoms. The minimum atomic E-state index is -4.50. The van der Waals surface area contributed by atoms with Crippen molar-refractivity contribution in [1.29, 1.82) is 0 Å². The smallest absolute Gasteiger partial charge is 0.351 e. The summed E-state index contributed by atoms with van der Waals surface area (Å²) < 4.78 is 65.7. The molecule has 2 fully saturated rings. The number of nitrogens with one attached hydrogen (secondary N) is 2. The predicted molar refractivity (Wildman–Crippen MR) is 98.0 cm³/mol. The highest BCUT2D eigenvalue weighted by Gasteiger charge is 2.73. The molecule has 2 heterocycles. The highest BCUT2D eigenvalue weighted by atomic mass is 19.4. The fourth-order valence-electron chi connectivity index (χ4n) is 4.11. The van der Waals surface area contributed by atoms with Crippen LogP contribution in [0.25, 0.3) is 10.9 Å². The number of H-pyrrole nitrogens is 1. The zero-order valence-electron chi connectivity index (χ0n) is 16.1. The molecule has 10 heteroatoms. The monoisotopic (exact) mass is 429 g/mol. The molecule has 0 bridgehead atoms. The van der Waals surface area contributed by atoms with Gasteiger partial charge in [0.15, 0.2) is 0 Å². The minimum absolute atomic E-state index is 0.0159. The van der Waals surface area contributed by atoms with Crippen LogP contribution in [0, 0.1) is 5.41 Å². The van der Waals surface area contributed by atoms with Crippen molar-refractivity contribution in [1.82, 2.24) is 15.2 Å². The molecule has 1 saturated carbocycles. The van der Waals surface area contributed by atoms with Gasteiger partial charge in [-0.2, -0.15) is 13.2 Å². The summed E-state index contributed by atoms with van der Waals surface area (Å²) in [6.07, 6.45) is -4.23. The Hall–Kier alpha value is -2.65. The third kappa shape index (κ3) is 3.41. The molecule has 2 amide bonds. The zero-order chi connectivity index (χ0) is 21.9. The van der Waals surface area contributed by atoms with E-state index in [0.717, 1.165) is 12.1 Å². The molecule has 1 saturated heterocycles. The quantitative estimate of drug-likeness (QED) is 0.723. The number of aromatic amines is 1. The Morgan fingerprint density at radius 1 is 1.27 bits per heavy atom. The first-order valence-electron chi connectivity index (χ1n) is 9.63. The van der Waals surface area contributed by atoms with Crippen LogP contribution in [0.4, 0.5) is 22.0 Å². The lowest BCUT2D eigenvalue weighted by atomic mass is 10.1. The maximum absolute atomic E-state index is 13.6. The summed E-state index contributed by atoms with van der Waals surface area (Å²) in [5.41, 5.74) is -1.59. The van der Waals surface area contributed by atoms with Crippen molar-refractivity contribution in [2.24, 2.45) is 5.41 Å². The second kappa shape index (κ2) is 6.68. The number of alkyl halides is 5. The summed E-state index contributed by atoms with van der Waals surface area (Å²) in [5.74, 6) is -3.82. The number of amides is 2. The first-order chi connectivity index (χ1) is 14.0. The van der Waals surface area contributed by atoms with E-state index in [-0.39, 0.29) is 43.4 Å². The average molecular weight is 429 g/mol. The highest BCUT2D eigenvalue weighted by molar-refractivity contribution is 6.00. The standard InChI is InChI=1S/C20H20F5N3O2/c1-2-13(17(30)28-6-5-18(10-28)9-19(18,21)22)27-16(29)15-8-11-7-12(20(23,24)25)3-4-14(11)26-15/h3-4,7-8,13,26H,2,5-6,9-10H2,1H3,(H,27,29)/t13-,18+/m0/s1. The van der Waals surface area contributed by atoms with E-state index in [0.29, 0.717) is 5.52 Å². The fourth-order valence-corrected chi connectivity index (χ4v) is 4.11. The summed E-state index contributed by atoms with van der Waals surface area (Å²) in [6, 6.07) is 3.46. The van der Waals surface area contributed by atoms with Gasteiger partial charge in [-0.15, -0.1) is 0 Å². The van der Waals surface area contributed by atoms with Gasteiger partial charge >= 0.3 is 6.18 Å². The normalized spacial score (nSPS) is 23.7. The van der Waals surface area contributed by atoms with Crippen LogP contribution in [-0.4, -0.2) is 46.8 Å². The molecule has 2 N–H and O–H groups in total. The number of carbonyl (C=O) groups is 2. The molecule has 4 rings (SSSR count). The SMILES string of the molecule is CC[C@H](NC(=O)c1cc2cc(C(F)(F)F)ccc2[nH]1)C(=O)N1CC[C@]2(C1)CC2(F)F. The maximum Gasteiger partial charge on any atom is 0.416 e. The van der Waals surface area contributed by atoms with E-state index >= 15 is 0 Å².